The van der Waals surface area contributed by atoms with Gasteiger partial charge in [-0.15, -0.1) is 0 Å². The number of nitrogens with zero attached hydrogens (tertiary/aromatic N) is 2. The van der Waals surface area contributed by atoms with Crippen molar-refractivity contribution in [1.29, 1.82) is 0 Å². The zero-order chi connectivity index (χ0) is 14.7. The van der Waals surface area contributed by atoms with E-state index in [0.717, 1.165) is 25.9 Å². The van der Waals surface area contributed by atoms with E-state index in [4.69, 9.17) is 4.74 Å². The molecular formula is C14H24N2O4. The van der Waals surface area contributed by atoms with Gasteiger partial charge in [0, 0.05) is 26.7 Å². The number of carbonyl (C=O) groups excluding carboxylic acids is 1. The fraction of sp³-hybridized carbons (Fsp3) is 0.857. The average molecular weight is 284 g/mol. The van der Waals surface area contributed by atoms with Gasteiger partial charge in [0.2, 0.25) is 0 Å². The number of urea groups is 1. The van der Waals surface area contributed by atoms with E-state index in [2.05, 4.69) is 0 Å². The number of amides is 2. The summed E-state index contributed by atoms with van der Waals surface area (Å²) in [6.07, 6.45) is 3.50. The molecule has 0 aromatic rings. The highest BCUT2D eigenvalue weighted by Gasteiger charge is 2.36. The molecular weight excluding hydrogens is 260 g/mol. The number of carboxylic acids is 1. The lowest BCUT2D eigenvalue weighted by Gasteiger charge is -2.38. The lowest BCUT2D eigenvalue weighted by Crippen LogP contribution is -2.54. The van der Waals surface area contributed by atoms with Crippen molar-refractivity contribution >= 4 is 12.0 Å². The van der Waals surface area contributed by atoms with E-state index < -0.39 is 12.0 Å². The molecule has 2 fully saturated rings. The molecule has 2 aliphatic rings. The van der Waals surface area contributed by atoms with Crippen LogP contribution in [0.25, 0.3) is 0 Å². The van der Waals surface area contributed by atoms with E-state index in [9.17, 15) is 14.7 Å². The fourth-order valence-electron chi connectivity index (χ4n) is 3.00. The Labute approximate surface area is 119 Å². The van der Waals surface area contributed by atoms with Gasteiger partial charge in [0.1, 0.15) is 6.04 Å². The number of likely N-dealkylation sites (tertiary alicyclic amines) is 1. The number of rotatable bonds is 3. The second kappa shape index (κ2) is 6.43. The lowest BCUT2D eigenvalue weighted by molar-refractivity contribution is -0.144. The number of piperidine rings is 1. The summed E-state index contributed by atoms with van der Waals surface area (Å²) in [6, 6.07) is -0.891. The molecule has 0 spiro atoms. The van der Waals surface area contributed by atoms with Crippen LogP contribution in [0.1, 0.15) is 32.6 Å². The SMILES string of the molecule is CC1CCN(C(=O)N(C)CC2CCCO2)C(C(=O)O)C1. The van der Waals surface area contributed by atoms with Crippen molar-refractivity contribution in [2.24, 2.45) is 5.92 Å². The minimum absolute atomic E-state index is 0.0935. The van der Waals surface area contributed by atoms with Gasteiger partial charge in [0.05, 0.1) is 6.10 Å². The highest BCUT2D eigenvalue weighted by atomic mass is 16.5. The Bertz CT molecular complexity index is 368. The van der Waals surface area contributed by atoms with E-state index >= 15 is 0 Å². The predicted octanol–water partition coefficient (Wildman–Crippen LogP) is 1.40. The standard InChI is InChI=1S/C14H24N2O4/c1-10-5-6-16(12(8-10)13(17)18)14(19)15(2)9-11-4-3-7-20-11/h10-12H,3-9H2,1-2H3,(H,17,18). The van der Waals surface area contributed by atoms with Crippen molar-refractivity contribution in [3.05, 3.63) is 0 Å². The summed E-state index contributed by atoms with van der Waals surface area (Å²) in [5.74, 6) is -0.556. The van der Waals surface area contributed by atoms with Crippen LogP contribution in [0.3, 0.4) is 0 Å². The Balaban J connectivity index is 1.96. The number of carboxylic acid groups (broad SMARTS) is 1. The molecule has 2 heterocycles. The number of hydrogen-bond donors (Lipinski definition) is 1. The minimum Gasteiger partial charge on any atom is -0.480 e. The van der Waals surface area contributed by atoms with Gasteiger partial charge in [-0.2, -0.15) is 0 Å². The van der Waals surface area contributed by atoms with Crippen LogP contribution in [0, 0.1) is 5.92 Å². The van der Waals surface area contributed by atoms with E-state index in [1.165, 1.54) is 4.90 Å². The highest BCUT2D eigenvalue weighted by molar-refractivity contribution is 5.82. The maximum absolute atomic E-state index is 12.4. The molecule has 0 aliphatic carbocycles. The zero-order valence-corrected chi connectivity index (χ0v) is 12.2. The highest BCUT2D eigenvalue weighted by Crippen LogP contribution is 2.24. The first kappa shape index (κ1) is 15.1. The molecule has 3 unspecified atom stereocenters. The summed E-state index contributed by atoms with van der Waals surface area (Å²) in [5, 5.41) is 9.30. The van der Waals surface area contributed by atoms with Crippen LogP contribution < -0.4 is 0 Å². The molecule has 0 aromatic carbocycles. The first-order chi connectivity index (χ1) is 9.49. The maximum atomic E-state index is 12.4. The molecule has 2 amide bonds. The third kappa shape index (κ3) is 3.42. The fourth-order valence-corrected chi connectivity index (χ4v) is 3.00. The van der Waals surface area contributed by atoms with Crippen molar-refractivity contribution in [3.63, 3.8) is 0 Å². The molecule has 2 saturated heterocycles. The monoisotopic (exact) mass is 284 g/mol. The molecule has 0 radical (unpaired) electrons. The quantitative estimate of drug-likeness (QED) is 0.850. The second-order valence-electron chi connectivity index (χ2n) is 5.98. The Kier molecular flexibility index (Phi) is 4.86. The van der Waals surface area contributed by atoms with E-state index in [0.29, 0.717) is 25.4 Å². The van der Waals surface area contributed by atoms with Gasteiger partial charge >= 0.3 is 12.0 Å². The third-order valence-corrected chi connectivity index (χ3v) is 4.22. The topological polar surface area (TPSA) is 70.1 Å². The Morgan fingerprint density at radius 3 is 2.75 bits per heavy atom. The normalized spacial score (nSPS) is 30.3. The zero-order valence-electron chi connectivity index (χ0n) is 12.2. The minimum atomic E-state index is -0.907. The van der Waals surface area contributed by atoms with Gasteiger partial charge in [-0.25, -0.2) is 9.59 Å². The molecule has 114 valence electrons. The summed E-state index contributed by atoms with van der Waals surface area (Å²) >= 11 is 0. The molecule has 6 nitrogen and oxygen atoms in total. The predicted molar refractivity (Wildman–Crippen MR) is 73.5 cm³/mol. The van der Waals surface area contributed by atoms with E-state index in [1.54, 1.807) is 11.9 Å². The van der Waals surface area contributed by atoms with E-state index in [-0.39, 0.29) is 12.1 Å². The van der Waals surface area contributed by atoms with Crippen LogP contribution in [-0.2, 0) is 9.53 Å². The average Bonchev–Trinajstić information content (AvgIpc) is 2.90. The van der Waals surface area contributed by atoms with Gasteiger partial charge < -0.3 is 19.6 Å². The maximum Gasteiger partial charge on any atom is 0.326 e. The van der Waals surface area contributed by atoms with Crippen LogP contribution in [0.2, 0.25) is 0 Å². The lowest BCUT2D eigenvalue weighted by atomic mass is 9.92. The number of carbonyl (C=O) groups is 2. The van der Waals surface area contributed by atoms with Crippen molar-refractivity contribution < 1.29 is 19.4 Å². The Morgan fingerprint density at radius 2 is 2.15 bits per heavy atom. The molecule has 3 atom stereocenters. The van der Waals surface area contributed by atoms with Crippen molar-refractivity contribution in [2.45, 2.75) is 44.8 Å². The summed E-state index contributed by atoms with van der Waals surface area (Å²) in [4.78, 5) is 26.9. The van der Waals surface area contributed by atoms with Gasteiger partial charge in [-0.3, -0.25) is 0 Å². The van der Waals surface area contributed by atoms with Crippen LogP contribution in [0.5, 0.6) is 0 Å². The molecule has 20 heavy (non-hydrogen) atoms. The number of ether oxygens (including phenoxy) is 1. The number of likely N-dealkylation sites (N-methyl/N-ethyl adjacent to an activating group) is 1. The molecule has 2 rings (SSSR count). The first-order valence-corrected chi connectivity index (χ1v) is 7.35. The van der Waals surface area contributed by atoms with Gasteiger partial charge in [0.25, 0.3) is 0 Å². The molecule has 0 saturated carbocycles. The molecule has 1 N–H and O–H groups in total. The number of aliphatic carboxylic acids is 1. The molecule has 2 aliphatic heterocycles. The molecule has 6 heteroatoms. The number of hydrogen-bond acceptors (Lipinski definition) is 3. The Morgan fingerprint density at radius 1 is 1.40 bits per heavy atom. The summed E-state index contributed by atoms with van der Waals surface area (Å²) in [5.41, 5.74) is 0. The smallest absolute Gasteiger partial charge is 0.326 e. The van der Waals surface area contributed by atoms with Crippen LogP contribution in [-0.4, -0.2) is 65.8 Å². The van der Waals surface area contributed by atoms with Gasteiger partial charge in [0.15, 0.2) is 0 Å². The van der Waals surface area contributed by atoms with Crippen LogP contribution in [0.4, 0.5) is 4.79 Å². The molecule has 0 bridgehead atoms. The van der Waals surface area contributed by atoms with Crippen molar-refractivity contribution in [1.82, 2.24) is 9.80 Å². The second-order valence-corrected chi connectivity index (χ2v) is 5.98. The van der Waals surface area contributed by atoms with Crippen LogP contribution in [0.15, 0.2) is 0 Å². The first-order valence-electron chi connectivity index (χ1n) is 7.35. The van der Waals surface area contributed by atoms with Crippen molar-refractivity contribution in [3.8, 4) is 0 Å². The van der Waals surface area contributed by atoms with Gasteiger partial charge in [-0.1, -0.05) is 6.92 Å². The third-order valence-electron chi connectivity index (χ3n) is 4.22. The van der Waals surface area contributed by atoms with Crippen molar-refractivity contribution in [2.75, 3.05) is 26.7 Å². The summed E-state index contributed by atoms with van der Waals surface area (Å²) in [6.45, 7) is 3.85. The van der Waals surface area contributed by atoms with E-state index in [1.807, 2.05) is 6.92 Å². The van der Waals surface area contributed by atoms with Crippen LogP contribution >= 0.6 is 0 Å². The largest absolute Gasteiger partial charge is 0.480 e. The summed E-state index contributed by atoms with van der Waals surface area (Å²) in [7, 11) is 1.72. The Hall–Kier alpha value is -1.30. The summed E-state index contributed by atoms with van der Waals surface area (Å²) < 4.78 is 5.52. The molecule has 0 aromatic heterocycles. The van der Waals surface area contributed by atoms with Gasteiger partial charge in [-0.05, 0) is 31.6 Å².